The van der Waals surface area contributed by atoms with Gasteiger partial charge in [0, 0.05) is 18.8 Å². The van der Waals surface area contributed by atoms with Gasteiger partial charge in [-0.2, -0.15) is 4.31 Å². The van der Waals surface area contributed by atoms with Crippen molar-refractivity contribution in [1.82, 2.24) is 4.31 Å². The summed E-state index contributed by atoms with van der Waals surface area (Å²) in [6, 6.07) is 18.6. The van der Waals surface area contributed by atoms with Gasteiger partial charge in [0.2, 0.25) is 15.9 Å². The largest absolute Gasteiger partial charge is 0.495 e. The Morgan fingerprint density at radius 2 is 1.43 bits per heavy atom. The molecular weight excluding hydrogens is 514 g/mol. The van der Waals surface area contributed by atoms with Crippen molar-refractivity contribution in [2.75, 3.05) is 36.4 Å². The van der Waals surface area contributed by atoms with Crippen LogP contribution in [0, 0.1) is 6.92 Å². The summed E-state index contributed by atoms with van der Waals surface area (Å²) in [5.41, 5.74) is 1.34. The highest BCUT2D eigenvalue weighted by molar-refractivity contribution is 7.93. The third-order valence-electron chi connectivity index (χ3n) is 5.70. The molecule has 3 rings (SSSR count). The average Bonchev–Trinajstić information content (AvgIpc) is 2.88. The molecule has 3 aromatic rings. The second-order valence-corrected chi connectivity index (χ2v) is 12.0. The maximum absolute atomic E-state index is 13.6. The SMILES string of the molecule is CCN(CC)S(=O)(=O)c1ccc(NC(=O)CN(c2cc(C)ccc2OC)S(=O)(=O)c2ccccc2)cc1. The van der Waals surface area contributed by atoms with E-state index in [4.69, 9.17) is 4.74 Å². The Hall–Kier alpha value is -3.41. The number of hydrogen-bond donors (Lipinski definition) is 1. The first-order chi connectivity index (χ1) is 17.5. The summed E-state index contributed by atoms with van der Waals surface area (Å²) in [6.45, 7) is 5.47. The highest BCUT2D eigenvalue weighted by atomic mass is 32.2. The summed E-state index contributed by atoms with van der Waals surface area (Å²) in [7, 11) is -6.34. The van der Waals surface area contributed by atoms with E-state index in [2.05, 4.69) is 5.32 Å². The van der Waals surface area contributed by atoms with Crippen molar-refractivity contribution in [1.29, 1.82) is 0 Å². The van der Waals surface area contributed by atoms with Crippen molar-refractivity contribution in [3.63, 3.8) is 0 Å². The van der Waals surface area contributed by atoms with Crippen molar-refractivity contribution in [2.24, 2.45) is 0 Å². The predicted octanol–water partition coefficient (Wildman–Crippen LogP) is 3.87. The number of sulfonamides is 2. The highest BCUT2D eigenvalue weighted by Crippen LogP contribution is 2.33. The van der Waals surface area contributed by atoms with Crippen LogP contribution >= 0.6 is 0 Å². The van der Waals surface area contributed by atoms with Crippen LogP contribution in [0.1, 0.15) is 19.4 Å². The molecule has 0 aliphatic rings. The Labute approximate surface area is 218 Å². The number of amides is 1. The lowest BCUT2D eigenvalue weighted by atomic mass is 10.2. The van der Waals surface area contributed by atoms with Crippen molar-refractivity contribution in [3.05, 3.63) is 78.4 Å². The van der Waals surface area contributed by atoms with Gasteiger partial charge >= 0.3 is 0 Å². The number of nitrogens with zero attached hydrogens (tertiary/aromatic N) is 2. The normalized spacial score (nSPS) is 11.8. The molecule has 0 fully saturated rings. The van der Waals surface area contributed by atoms with Gasteiger partial charge in [-0.3, -0.25) is 9.10 Å². The van der Waals surface area contributed by atoms with Crippen LogP contribution in [0.15, 0.2) is 82.6 Å². The molecule has 1 N–H and O–H groups in total. The van der Waals surface area contributed by atoms with Crippen LogP contribution < -0.4 is 14.4 Å². The molecule has 0 unspecified atom stereocenters. The minimum absolute atomic E-state index is 0.0253. The summed E-state index contributed by atoms with van der Waals surface area (Å²) < 4.78 is 60.4. The number of hydrogen-bond acceptors (Lipinski definition) is 6. The average molecular weight is 546 g/mol. The molecule has 3 aromatic carbocycles. The lowest BCUT2D eigenvalue weighted by Crippen LogP contribution is -2.38. The standard InChI is InChI=1S/C26H31N3O6S2/c1-5-28(6-2)36(31,32)23-15-13-21(14-16-23)27-26(30)19-29(24-18-20(3)12-17-25(24)35-4)37(33,34)22-10-8-7-9-11-22/h7-18H,5-6,19H2,1-4H3,(H,27,30). The summed E-state index contributed by atoms with van der Waals surface area (Å²) in [5, 5.41) is 2.66. The molecule has 0 aliphatic carbocycles. The van der Waals surface area contributed by atoms with Gasteiger partial charge in [-0.1, -0.05) is 38.1 Å². The number of nitrogens with one attached hydrogen (secondary N) is 1. The van der Waals surface area contributed by atoms with Crippen LogP contribution in [-0.4, -0.2) is 53.8 Å². The molecule has 0 atom stereocenters. The predicted molar refractivity (Wildman–Crippen MR) is 144 cm³/mol. The number of carbonyl (C=O) groups excluding carboxylic acids is 1. The number of methoxy groups -OCH3 is 1. The van der Waals surface area contributed by atoms with Gasteiger partial charge in [-0.15, -0.1) is 0 Å². The zero-order valence-corrected chi connectivity index (χ0v) is 22.8. The van der Waals surface area contributed by atoms with Crippen LogP contribution in [0.4, 0.5) is 11.4 Å². The van der Waals surface area contributed by atoms with Crippen LogP contribution in [-0.2, 0) is 24.8 Å². The molecule has 198 valence electrons. The molecule has 9 nitrogen and oxygen atoms in total. The van der Waals surface area contributed by atoms with Crippen LogP contribution in [0.5, 0.6) is 5.75 Å². The monoisotopic (exact) mass is 545 g/mol. The summed E-state index contributed by atoms with van der Waals surface area (Å²) >= 11 is 0. The second kappa shape index (κ2) is 11.8. The fourth-order valence-corrected chi connectivity index (χ4v) is 6.67. The van der Waals surface area contributed by atoms with E-state index in [1.54, 1.807) is 50.2 Å². The Bertz CT molecular complexity index is 1440. The second-order valence-electron chi connectivity index (χ2n) is 8.16. The molecule has 37 heavy (non-hydrogen) atoms. The van der Waals surface area contributed by atoms with Crippen LogP contribution in [0.3, 0.4) is 0 Å². The topological polar surface area (TPSA) is 113 Å². The van der Waals surface area contributed by atoms with E-state index in [0.717, 1.165) is 9.87 Å². The van der Waals surface area contributed by atoms with Gasteiger partial charge < -0.3 is 10.1 Å². The Morgan fingerprint density at radius 3 is 2.00 bits per heavy atom. The molecule has 0 heterocycles. The van der Waals surface area contributed by atoms with E-state index < -0.39 is 32.5 Å². The van der Waals surface area contributed by atoms with E-state index in [1.807, 2.05) is 6.92 Å². The van der Waals surface area contributed by atoms with Gasteiger partial charge in [0.25, 0.3) is 10.0 Å². The summed E-state index contributed by atoms with van der Waals surface area (Å²) in [4.78, 5) is 13.2. The first kappa shape index (κ1) is 28.2. The van der Waals surface area contributed by atoms with Crippen molar-refractivity contribution in [2.45, 2.75) is 30.6 Å². The fourth-order valence-electron chi connectivity index (χ4n) is 3.77. The molecule has 1 amide bonds. The minimum Gasteiger partial charge on any atom is -0.495 e. The quantitative estimate of drug-likeness (QED) is 0.391. The number of ether oxygens (including phenoxy) is 1. The molecule has 0 aromatic heterocycles. The zero-order chi connectivity index (χ0) is 27.2. The van der Waals surface area contributed by atoms with Gasteiger partial charge in [0.05, 0.1) is 22.6 Å². The van der Waals surface area contributed by atoms with Crippen molar-refractivity contribution >= 4 is 37.3 Å². The van der Waals surface area contributed by atoms with Crippen LogP contribution in [0.25, 0.3) is 0 Å². The maximum atomic E-state index is 13.6. The first-order valence-electron chi connectivity index (χ1n) is 11.7. The molecule has 0 bridgehead atoms. The fraction of sp³-hybridized carbons (Fsp3) is 0.269. The van der Waals surface area contributed by atoms with E-state index in [-0.39, 0.29) is 15.5 Å². The molecule has 0 saturated heterocycles. The lowest BCUT2D eigenvalue weighted by Gasteiger charge is -2.26. The maximum Gasteiger partial charge on any atom is 0.264 e. The van der Waals surface area contributed by atoms with Gasteiger partial charge in [0.15, 0.2) is 0 Å². The first-order valence-corrected chi connectivity index (χ1v) is 14.5. The number of benzene rings is 3. The van der Waals surface area contributed by atoms with E-state index >= 15 is 0 Å². The van der Waals surface area contributed by atoms with E-state index in [1.165, 1.54) is 47.8 Å². The van der Waals surface area contributed by atoms with Gasteiger partial charge in [0.1, 0.15) is 12.3 Å². The van der Waals surface area contributed by atoms with E-state index in [0.29, 0.717) is 24.5 Å². The Kier molecular flexibility index (Phi) is 8.95. The molecule has 0 spiro atoms. The van der Waals surface area contributed by atoms with Gasteiger partial charge in [-0.25, -0.2) is 16.8 Å². The van der Waals surface area contributed by atoms with Crippen molar-refractivity contribution < 1.29 is 26.4 Å². The van der Waals surface area contributed by atoms with Crippen molar-refractivity contribution in [3.8, 4) is 5.75 Å². The smallest absolute Gasteiger partial charge is 0.264 e. The lowest BCUT2D eigenvalue weighted by molar-refractivity contribution is -0.114. The number of aryl methyl sites for hydroxylation is 1. The number of carbonyl (C=O) groups is 1. The molecule has 11 heteroatoms. The third-order valence-corrected chi connectivity index (χ3v) is 9.54. The van der Waals surface area contributed by atoms with Crippen LogP contribution in [0.2, 0.25) is 0 Å². The molecule has 0 radical (unpaired) electrons. The minimum atomic E-state index is -4.12. The Balaban J connectivity index is 1.92. The van der Waals surface area contributed by atoms with E-state index in [9.17, 15) is 21.6 Å². The Morgan fingerprint density at radius 1 is 0.838 bits per heavy atom. The van der Waals surface area contributed by atoms with Gasteiger partial charge in [-0.05, 0) is 61.0 Å². The molecular formula is C26H31N3O6S2. The third kappa shape index (κ3) is 6.30. The number of anilines is 2. The molecule has 0 aliphatic heterocycles. The molecule has 0 saturated carbocycles. The number of rotatable bonds is 11. The summed E-state index contributed by atoms with van der Waals surface area (Å²) in [5.74, 6) is -0.314. The highest BCUT2D eigenvalue weighted by Gasteiger charge is 2.29. The summed E-state index contributed by atoms with van der Waals surface area (Å²) in [6.07, 6.45) is 0. The zero-order valence-electron chi connectivity index (χ0n) is 21.2.